The summed E-state index contributed by atoms with van der Waals surface area (Å²) >= 11 is 1.97. The minimum atomic E-state index is 0.466. The highest BCUT2D eigenvalue weighted by atomic mass is 32.2. The highest BCUT2D eigenvalue weighted by molar-refractivity contribution is 7.99. The third-order valence-corrected chi connectivity index (χ3v) is 5.58. The number of fused-ring (bicyclic) bond motifs is 1. The molecule has 0 unspecified atom stereocenters. The Morgan fingerprint density at radius 3 is 2.75 bits per heavy atom. The second-order valence-corrected chi connectivity index (χ2v) is 7.30. The van der Waals surface area contributed by atoms with Crippen LogP contribution < -0.4 is 5.32 Å². The minimum Gasteiger partial charge on any atom is -0.333 e. The van der Waals surface area contributed by atoms with Crippen LogP contribution >= 0.6 is 11.8 Å². The van der Waals surface area contributed by atoms with Crippen molar-refractivity contribution in [1.82, 2.24) is 14.9 Å². The molecule has 1 aromatic heterocycles. The Morgan fingerprint density at radius 1 is 1.08 bits per heavy atom. The summed E-state index contributed by atoms with van der Waals surface area (Å²) in [6, 6.07) is 18.1. The van der Waals surface area contributed by atoms with Gasteiger partial charge in [0, 0.05) is 36.4 Å². The summed E-state index contributed by atoms with van der Waals surface area (Å²) in [5, 5.41) is 3.73. The van der Waals surface area contributed by atoms with Gasteiger partial charge in [0.1, 0.15) is 0 Å². The molecule has 0 aliphatic carbocycles. The molecule has 1 aliphatic heterocycles. The summed E-state index contributed by atoms with van der Waals surface area (Å²) in [5.41, 5.74) is 4.08. The predicted octanol–water partition coefficient (Wildman–Crippen LogP) is 4.26. The van der Waals surface area contributed by atoms with Gasteiger partial charge < -0.3 is 9.88 Å². The highest BCUT2D eigenvalue weighted by Crippen LogP contribution is 2.35. The summed E-state index contributed by atoms with van der Waals surface area (Å²) in [6.07, 6.45) is 6.86. The van der Waals surface area contributed by atoms with Gasteiger partial charge in [-0.1, -0.05) is 42.5 Å². The molecule has 0 bridgehead atoms. The van der Waals surface area contributed by atoms with Crippen molar-refractivity contribution in [2.45, 2.75) is 30.4 Å². The molecule has 0 spiro atoms. The molecule has 1 atom stereocenters. The molecule has 1 N–H and O–H groups in total. The van der Waals surface area contributed by atoms with Gasteiger partial charge in [-0.15, -0.1) is 11.8 Å². The van der Waals surface area contributed by atoms with E-state index in [2.05, 4.69) is 63.4 Å². The van der Waals surface area contributed by atoms with Crippen molar-refractivity contribution in [2.75, 3.05) is 5.75 Å². The Hall–Kier alpha value is -2.04. The third kappa shape index (κ3) is 3.55. The summed E-state index contributed by atoms with van der Waals surface area (Å²) in [5.74, 6) is 1.19. The summed E-state index contributed by atoms with van der Waals surface area (Å²) in [4.78, 5) is 5.51. The molecule has 0 saturated carbocycles. The van der Waals surface area contributed by atoms with Gasteiger partial charge in [-0.05, 0) is 34.9 Å². The van der Waals surface area contributed by atoms with E-state index in [4.69, 9.17) is 0 Å². The highest BCUT2D eigenvalue weighted by Gasteiger charge is 2.19. The fraction of sp³-hybridized carbons (Fsp3) is 0.250. The first-order chi connectivity index (χ1) is 11.9. The van der Waals surface area contributed by atoms with Crippen LogP contribution in [-0.2, 0) is 13.1 Å². The first kappa shape index (κ1) is 15.5. The Morgan fingerprint density at radius 2 is 1.92 bits per heavy atom. The molecule has 122 valence electrons. The van der Waals surface area contributed by atoms with Gasteiger partial charge in [-0.2, -0.15) is 0 Å². The largest absolute Gasteiger partial charge is 0.333 e. The molecule has 0 saturated heterocycles. The number of rotatable bonds is 5. The van der Waals surface area contributed by atoms with E-state index < -0.39 is 0 Å². The molecule has 4 heteroatoms. The van der Waals surface area contributed by atoms with Gasteiger partial charge in [-0.3, -0.25) is 0 Å². The molecular weight excluding hydrogens is 314 g/mol. The number of nitrogens with one attached hydrogen (secondary N) is 1. The number of hydrogen-bond donors (Lipinski definition) is 1. The molecule has 0 amide bonds. The fourth-order valence-corrected chi connectivity index (χ4v) is 4.27. The van der Waals surface area contributed by atoms with E-state index in [1.807, 2.05) is 30.5 Å². The van der Waals surface area contributed by atoms with Gasteiger partial charge >= 0.3 is 0 Å². The molecule has 3 nitrogen and oxygen atoms in total. The Kier molecular flexibility index (Phi) is 4.67. The normalized spacial score (nSPS) is 16.8. The van der Waals surface area contributed by atoms with Crippen LogP contribution in [0.2, 0.25) is 0 Å². The lowest BCUT2D eigenvalue weighted by atomic mass is 10.0. The Labute approximate surface area is 147 Å². The molecule has 2 heterocycles. The summed E-state index contributed by atoms with van der Waals surface area (Å²) < 4.78 is 2.09. The maximum Gasteiger partial charge on any atom is 0.0949 e. The van der Waals surface area contributed by atoms with Crippen LogP contribution in [0.4, 0.5) is 0 Å². The lowest BCUT2D eigenvalue weighted by Gasteiger charge is -2.26. The van der Waals surface area contributed by atoms with Crippen molar-refractivity contribution < 1.29 is 0 Å². The number of hydrogen-bond acceptors (Lipinski definition) is 3. The van der Waals surface area contributed by atoms with E-state index in [0.29, 0.717) is 6.04 Å². The Balaban J connectivity index is 1.38. The maximum absolute atomic E-state index is 4.09. The minimum absolute atomic E-state index is 0.466. The van der Waals surface area contributed by atoms with Crippen molar-refractivity contribution in [1.29, 1.82) is 0 Å². The number of thioether (sulfide) groups is 1. The third-order valence-electron chi connectivity index (χ3n) is 4.46. The van der Waals surface area contributed by atoms with Gasteiger partial charge in [0.2, 0.25) is 0 Å². The smallest absolute Gasteiger partial charge is 0.0949 e. The zero-order valence-electron chi connectivity index (χ0n) is 13.6. The molecule has 2 aromatic carbocycles. The van der Waals surface area contributed by atoms with E-state index in [0.717, 1.165) is 13.1 Å². The van der Waals surface area contributed by atoms with E-state index in [1.165, 1.54) is 33.8 Å². The van der Waals surface area contributed by atoms with Crippen LogP contribution in [0.15, 0.2) is 72.1 Å². The Bertz CT molecular complexity index is 781. The van der Waals surface area contributed by atoms with E-state index in [1.54, 1.807) is 0 Å². The lowest BCUT2D eigenvalue weighted by molar-refractivity contribution is 0.510. The van der Waals surface area contributed by atoms with Crippen LogP contribution in [0.1, 0.15) is 29.2 Å². The van der Waals surface area contributed by atoms with Gasteiger partial charge in [0.05, 0.1) is 6.33 Å². The van der Waals surface area contributed by atoms with Crippen LogP contribution in [0.3, 0.4) is 0 Å². The molecule has 0 radical (unpaired) electrons. The van der Waals surface area contributed by atoms with Crippen molar-refractivity contribution in [3.63, 3.8) is 0 Å². The van der Waals surface area contributed by atoms with Gasteiger partial charge in [0.25, 0.3) is 0 Å². The number of imidazole rings is 1. The van der Waals surface area contributed by atoms with E-state index in [-0.39, 0.29) is 0 Å². The molecule has 4 rings (SSSR count). The maximum atomic E-state index is 4.09. The summed E-state index contributed by atoms with van der Waals surface area (Å²) in [7, 11) is 0. The number of aromatic nitrogens is 2. The van der Waals surface area contributed by atoms with Crippen LogP contribution in [0, 0.1) is 0 Å². The average molecular weight is 335 g/mol. The zero-order chi connectivity index (χ0) is 16.2. The average Bonchev–Trinajstić information content (AvgIpc) is 3.14. The van der Waals surface area contributed by atoms with Crippen LogP contribution in [0.25, 0.3) is 0 Å². The zero-order valence-corrected chi connectivity index (χ0v) is 14.4. The number of nitrogens with zero attached hydrogens (tertiary/aromatic N) is 2. The molecule has 1 aliphatic rings. The SMILES string of the molecule is c1ccc2c(c1)SCC[C@H]2NCc1ccc(Cn2ccnc2)cc1. The molecule has 3 aromatic rings. The number of benzene rings is 2. The quantitative estimate of drug-likeness (QED) is 0.755. The van der Waals surface area contributed by atoms with Crippen LogP contribution in [0.5, 0.6) is 0 Å². The summed E-state index contributed by atoms with van der Waals surface area (Å²) in [6.45, 7) is 1.79. The fourth-order valence-electron chi connectivity index (χ4n) is 3.15. The van der Waals surface area contributed by atoms with Crippen molar-refractivity contribution in [3.05, 3.63) is 83.9 Å². The van der Waals surface area contributed by atoms with Crippen molar-refractivity contribution in [3.8, 4) is 0 Å². The first-order valence-electron chi connectivity index (χ1n) is 8.37. The van der Waals surface area contributed by atoms with Crippen molar-refractivity contribution in [2.24, 2.45) is 0 Å². The second-order valence-electron chi connectivity index (χ2n) is 6.16. The van der Waals surface area contributed by atoms with E-state index >= 15 is 0 Å². The monoisotopic (exact) mass is 335 g/mol. The standard InChI is InChI=1S/C20H21N3S/c1-2-4-20-18(3-1)19(9-12-24-20)22-13-16-5-7-17(8-6-16)14-23-11-10-21-15-23/h1-8,10-11,15,19,22H,9,12-14H2/t19-/m1/s1. The first-order valence-corrected chi connectivity index (χ1v) is 9.36. The van der Waals surface area contributed by atoms with Gasteiger partial charge in [-0.25, -0.2) is 4.98 Å². The molecule has 0 fully saturated rings. The van der Waals surface area contributed by atoms with Gasteiger partial charge in [0.15, 0.2) is 0 Å². The molecule has 24 heavy (non-hydrogen) atoms. The van der Waals surface area contributed by atoms with Crippen LogP contribution in [-0.4, -0.2) is 15.3 Å². The second kappa shape index (κ2) is 7.24. The van der Waals surface area contributed by atoms with Crippen molar-refractivity contribution >= 4 is 11.8 Å². The lowest BCUT2D eigenvalue weighted by Crippen LogP contribution is -2.24. The predicted molar refractivity (Wildman–Crippen MR) is 99.1 cm³/mol. The molecular formula is C20H21N3S. The topological polar surface area (TPSA) is 29.9 Å². The van der Waals surface area contributed by atoms with E-state index in [9.17, 15) is 0 Å².